The Kier molecular flexibility index (Phi) is 6.34. The van der Waals surface area contributed by atoms with Crippen LogP contribution >= 0.6 is 0 Å². The van der Waals surface area contributed by atoms with Crippen LogP contribution in [0.4, 0.5) is 0 Å². The second-order valence-electron chi connectivity index (χ2n) is 5.46. The van der Waals surface area contributed by atoms with Gasteiger partial charge in [-0.25, -0.2) is 0 Å². The Balaban J connectivity index is 1.49. The van der Waals surface area contributed by atoms with Crippen LogP contribution in [0, 0.1) is 6.92 Å². The molecule has 0 spiro atoms. The first-order chi connectivity index (χ1) is 9.34. The minimum absolute atomic E-state index is 0.994. The lowest BCUT2D eigenvalue weighted by atomic mass is 10.1. The summed E-state index contributed by atoms with van der Waals surface area (Å²) < 4.78 is 0. The van der Waals surface area contributed by atoms with Crippen LogP contribution in [0.2, 0.25) is 0 Å². The summed E-state index contributed by atoms with van der Waals surface area (Å²) in [7, 11) is 0. The van der Waals surface area contributed by atoms with Crippen LogP contribution < -0.4 is 10.6 Å². The molecule has 0 unspecified atom stereocenters. The van der Waals surface area contributed by atoms with E-state index in [1.54, 1.807) is 0 Å². The zero-order chi connectivity index (χ0) is 13.3. The van der Waals surface area contributed by atoms with Gasteiger partial charge >= 0.3 is 0 Å². The van der Waals surface area contributed by atoms with E-state index in [1.807, 2.05) is 0 Å². The van der Waals surface area contributed by atoms with E-state index in [0.29, 0.717) is 0 Å². The Hall–Kier alpha value is -0.900. The van der Waals surface area contributed by atoms with Crippen molar-refractivity contribution in [3.8, 4) is 0 Å². The number of benzene rings is 1. The van der Waals surface area contributed by atoms with E-state index in [2.05, 4.69) is 46.7 Å². The lowest BCUT2D eigenvalue weighted by Crippen LogP contribution is -2.43. The highest BCUT2D eigenvalue weighted by molar-refractivity contribution is 5.20. The molecule has 0 aromatic heterocycles. The topological polar surface area (TPSA) is 27.3 Å². The highest BCUT2D eigenvalue weighted by Gasteiger charge is 2.07. The van der Waals surface area contributed by atoms with Gasteiger partial charge in [-0.2, -0.15) is 0 Å². The van der Waals surface area contributed by atoms with Gasteiger partial charge in [-0.1, -0.05) is 29.8 Å². The summed E-state index contributed by atoms with van der Waals surface area (Å²) in [5.41, 5.74) is 2.72. The molecule has 1 aliphatic rings. The molecule has 106 valence electrons. The van der Waals surface area contributed by atoms with E-state index in [4.69, 9.17) is 0 Å². The number of hydrogen-bond donors (Lipinski definition) is 2. The quantitative estimate of drug-likeness (QED) is 0.733. The molecule has 1 aliphatic heterocycles. The van der Waals surface area contributed by atoms with Crippen molar-refractivity contribution in [1.82, 2.24) is 15.5 Å². The number of nitrogens with one attached hydrogen (secondary N) is 2. The molecule has 0 radical (unpaired) electrons. The number of hydrogen-bond acceptors (Lipinski definition) is 3. The third-order valence-electron chi connectivity index (χ3n) is 3.74. The average Bonchev–Trinajstić information content (AvgIpc) is 2.46. The van der Waals surface area contributed by atoms with Crippen LogP contribution in [0.3, 0.4) is 0 Å². The maximum atomic E-state index is 3.53. The maximum absolute atomic E-state index is 3.53. The lowest BCUT2D eigenvalue weighted by molar-refractivity contribution is 0.236. The Morgan fingerprint density at radius 2 is 1.84 bits per heavy atom. The molecule has 1 aromatic rings. The Morgan fingerprint density at radius 3 is 2.58 bits per heavy atom. The zero-order valence-electron chi connectivity index (χ0n) is 12.1. The molecular formula is C16H27N3. The lowest BCUT2D eigenvalue weighted by Gasteiger charge is -2.27. The second-order valence-corrected chi connectivity index (χ2v) is 5.46. The van der Waals surface area contributed by atoms with Crippen molar-refractivity contribution in [3.05, 3.63) is 35.4 Å². The van der Waals surface area contributed by atoms with Gasteiger partial charge < -0.3 is 15.5 Å². The Labute approximate surface area is 117 Å². The normalized spacial score (nSPS) is 16.7. The SMILES string of the molecule is Cc1ccc(CNCCCCN2CCNCC2)cc1. The van der Waals surface area contributed by atoms with E-state index in [0.717, 1.165) is 26.2 Å². The smallest absolute Gasteiger partial charge is 0.0205 e. The van der Waals surface area contributed by atoms with Gasteiger partial charge in [0.25, 0.3) is 0 Å². The van der Waals surface area contributed by atoms with Crippen LogP contribution in [-0.2, 0) is 6.54 Å². The van der Waals surface area contributed by atoms with Crippen molar-refractivity contribution in [1.29, 1.82) is 0 Å². The summed E-state index contributed by atoms with van der Waals surface area (Å²) in [6.07, 6.45) is 2.58. The first-order valence-electron chi connectivity index (χ1n) is 7.54. The first-order valence-corrected chi connectivity index (χ1v) is 7.54. The fraction of sp³-hybridized carbons (Fsp3) is 0.625. The van der Waals surface area contributed by atoms with Crippen molar-refractivity contribution in [3.63, 3.8) is 0 Å². The Morgan fingerprint density at radius 1 is 1.11 bits per heavy atom. The van der Waals surface area contributed by atoms with E-state index in [1.165, 1.54) is 43.6 Å². The zero-order valence-corrected chi connectivity index (χ0v) is 12.1. The van der Waals surface area contributed by atoms with Gasteiger partial charge in [-0.05, 0) is 38.4 Å². The molecule has 0 amide bonds. The number of nitrogens with zero attached hydrogens (tertiary/aromatic N) is 1. The van der Waals surface area contributed by atoms with Crippen LogP contribution in [0.15, 0.2) is 24.3 Å². The largest absolute Gasteiger partial charge is 0.314 e. The van der Waals surface area contributed by atoms with Crippen molar-refractivity contribution in [2.45, 2.75) is 26.3 Å². The van der Waals surface area contributed by atoms with Crippen molar-refractivity contribution < 1.29 is 0 Å². The van der Waals surface area contributed by atoms with Gasteiger partial charge in [0.15, 0.2) is 0 Å². The predicted molar refractivity (Wildman–Crippen MR) is 81.4 cm³/mol. The van der Waals surface area contributed by atoms with E-state index in [9.17, 15) is 0 Å². The van der Waals surface area contributed by atoms with Gasteiger partial charge in [-0.3, -0.25) is 0 Å². The van der Waals surface area contributed by atoms with Crippen molar-refractivity contribution >= 4 is 0 Å². The molecular weight excluding hydrogens is 234 g/mol. The third kappa shape index (κ3) is 5.72. The van der Waals surface area contributed by atoms with E-state index >= 15 is 0 Å². The summed E-state index contributed by atoms with van der Waals surface area (Å²) in [5, 5.41) is 6.92. The second kappa shape index (κ2) is 8.31. The third-order valence-corrected chi connectivity index (χ3v) is 3.74. The monoisotopic (exact) mass is 261 g/mol. The molecule has 0 atom stereocenters. The van der Waals surface area contributed by atoms with Gasteiger partial charge in [-0.15, -0.1) is 0 Å². The van der Waals surface area contributed by atoms with Crippen LogP contribution in [0.1, 0.15) is 24.0 Å². The minimum atomic E-state index is 0.994. The molecule has 0 saturated carbocycles. The van der Waals surface area contributed by atoms with Crippen LogP contribution in [0.5, 0.6) is 0 Å². The molecule has 3 nitrogen and oxygen atoms in total. The first kappa shape index (κ1) is 14.5. The van der Waals surface area contributed by atoms with E-state index < -0.39 is 0 Å². The fourth-order valence-corrected chi connectivity index (χ4v) is 2.46. The van der Waals surface area contributed by atoms with E-state index in [-0.39, 0.29) is 0 Å². The number of unbranched alkanes of at least 4 members (excludes halogenated alkanes) is 1. The molecule has 3 heteroatoms. The van der Waals surface area contributed by atoms with Gasteiger partial charge in [0.05, 0.1) is 0 Å². The standard InChI is InChI=1S/C16H27N3/c1-15-4-6-16(7-5-15)14-18-8-2-3-11-19-12-9-17-10-13-19/h4-7,17-18H,2-3,8-14H2,1H3. The number of aryl methyl sites for hydroxylation is 1. The molecule has 0 aliphatic carbocycles. The van der Waals surface area contributed by atoms with Crippen LogP contribution in [0.25, 0.3) is 0 Å². The number of rotatable bonds is 7. The summed E-state index contributed by atoms with van der Waals surface area (Å²) >= 11 is 0. The Bertz CT molecular complexity index is 342. The predicted octanol–water partition coefficient (Wildman–Crippen LogP) is 1.77. The average molecular weight is 261 g/mol. The maximum Gasteiger partial charge on any atom is 0.0205 e. The van der Waals surface area contributed by atoms with Crippen LogP contribution in [-0.4, -0.2) is 44.2 Å². The highest BCUT2D eigenvalue weighted by atomic mass is 15.2. The summed E-state index contributed by atoms with van der Waals surface area (Å²) in [6, 6.07) is 8.79. The molecule has 0 bridgehead atoms. The van der Waals surface area contributed by atoms with Gasteiger partial charge in [0.2, 0.25) is 0 Å². The molecule has 1 saturated heterocycles. The summed E-state index contributed by atoms with van der Waals surface area (Å²) in [6.45, 7) is 10.3. The fourth-order valence-electron chi connectivity index (χ4n) is 2.46. The van der Waals surface area contributed by atoms with Gasteiger partial charge in [0.1, 0.15) is 0 Å². The summed E-state index contributed by atoms with van der Waals surface area (Å²) in [5.74, 6) is 0. The van der Waals surface area contributed by atoms with Gasteiger partial charge in [0, 0.05) is 32.7 Å². The van der Waals surface area contributed by atoms with Crippen molar-refractivity contribution in [2.24, 2.45) is 0 Å². The number of piperazine rings is 1. The minimum Gasteiger partial charge on any atom is -0.314 e. The van der Waals surface area contributed by atoms with Crippen molar-refractivity contribution in [2.75, 3.05) is 39.3 Å². The molecule has 1 heterocycles. The molecule has 19 heavy (non-hydrogen) atoms. The molecule has 2 N–H and O–H groups in total. The molecule has 1 fully saturated rings. The molecule has 1 aromatic carbocycles. The highest BCUT2D eigenvalue weighted by Crippen LogP contribution is 2.02. The molecule has 2 rings (SSSR count). The summed E-state index contributed by atoms with van der Waals surface area (Å²) in [4.78, 5) is 2.57.